The van der Waals surface area contributed by atoms with E-state index in [4.69, 9.17) is 0 Å². The second-order valence-electron chi connectivity index (χ2n) is 5.13. The third-order valence-electron chi connectivity index (χ3n) is 3.70. The van der Waals surface area contributed by atoms with Gasteiger partial charge < -0.3 is 0 Å². The molecule has 1 heterocycles. The zero-order valence-electron chi connectivity index (χ0n) is 12.4. The molecule has 0 atom stereocenters. The van der Waals surface area contributed by atoms with E-state index in [0.717, 1.165) is 24.3 Å². The molecule has 1 aromatic heterocycles. The molecule has 0 unspecified atom stereocenters. The van der Waals surface area contributed by atoms with E-state index in [1.807, 2.05) is 0 Å². The van der Waals surface area contributed by atoms with Gasteiger partial charge in [-0.15, -0.1) is 0 Å². The molecule has 23 heavy (non-hydrogen) atoms. The Bertz CT molecular complexity index is 828. The highest BCUT2D eigenvalue weighted by Gasteiger charge is 2.17. The SMILES string of the molecule is Cc1c(C)[n+](-c2ccc(F)cc2F)[c-]n1-c1ccc(F)cc1F. The van der Waals surface area contributed by atoms with Gasteiger partial charge >= 0.3 is 0 Å². The molecule has 0 saturated carbocycles. The predicted molar refractivity (Wildman–Crippen MR) is 75.4 cm³/mol. The number of imidazole rings is 1. The summed E-state index contributed by atoms with van der Waals surface area (Å²) >= 11 is 0. The van der Waals surface area contributed by atoms with Gasteiger partial charge in [-0.3, -0.25) is 9.13 Å². The average Bonchev–Trinajstić information content (AvgIpc) is 2.76. The third kappa shape index (κ3) is 2.60. The Morgan fingerprint density at radius 3 is 2.09 bits per heavy atom. The van der Waals surface area contributed by atoms with Crippen LogP contribution < -0.4 is 4.57 Å². The lowest BCUT2D eigenvalue weighted by molar-refractivity contribution is -0.608. The first-order chi connectivity index (χ1) is 10.9. The first kappa shape index (κ1) is 15.3. The van der Waals surface area contributed by atoms with E-state index in [1.54, 1.807) is 13.8 Å². The van der Waals surface area contributed by atoms with Crippen molar-refractivity contribution in [2.24, 2.45) is 0 Å². The molecule has 3 rings (SSSR count). The summed E-state index contributed by atoms with van der Waals surface area (Å²) in [6.07, 6.45) is 2.81. The molecule has 0 radical (unpaired) electrons. The normalized spacial score (nSPS) is 11.0. The topological polar surface area (TPSA) is 8.81 Å². The molecule has 118 valence electrons. The number of rotatable bonds is 2. The smallest absolute Gasteiger partial charge is 0.269 e. The quantitative estimate of drug-likeness (QED) is 0.386. The summed E-state index contributed by atoms with van der Waals surface area (Å²) in [6.45, 7) is 3.40. The molecular weight excluding hydrogens is 308 g/mol. The van der Waals surface area contributed by atoms with Gasteiger partial charge in [0.05, 0.1) is 11.4 Å². The van der Waals surface area contributed by atoms with Crippen LogP contribution in [0.3, 0.4) is 0 Å². The van der Waals surface area contributed by atoms with Gasteiger partial charge in [0.1, 0.15) is 34.6 Å². The van der Waals surface area contributed by atoms with Crippen LogP contribution in [0.15, 0.2) is 36.4 Å². The van der Waals surface area contributed by atoms with Gasteiger partial charge in [0.25, 0.3) is 6.33 Å². The third-order valence-corrected chi connectivity index (χ3v) is 3.70. The summed E-state index contributed by atoms with van der Waals surface area (Å²) in [4.78, 5) is 0. The van der Waals surface area contributed by atoms with E-state index in [1.165, 1.54) is 21.3 Å². The minimum Gasteiger partial charge on any atom is -0.294 e. The van der Waals surface area contributed by atoms with E-state index in [0.29, 0.717) is 11.4 Å². The van der Waals surface area contributed by atoms with Crippen molar-refractivity contribution in [3.05, 3.63) is 77.4 Å². The average molecular weight is 320 g/mol. The molecule has 0 spiro atoms. The van der Waals surface area contributed by atoms with Crippen LogP contribution in [0.4, 0.5) is 17.6 Å². The largest absolute Gasteiger partial charge is 0.294 e. The lowest BCUT2D eigenvalue weighted by Crippen LogP contribution is -2.33. The van der Waals surface area contributed by atoms with Crippen LogP contribution in [0.2, 0.25) is 0 Å². The molecule has 0 aliphatic rings. The van der Waals surface area contributed by atoms with Crippen molar-refractivity contribution in [2.75, 3.05) is 0 Å². The fourth-order valence-electron chi connectivity index (χ4n) is 2.37. The molecule has 2 nitrogen and oxygen atoms in total. The summed E-state index contributed by atoms with van der Waals surface area (Å²) in [7, 11) is 0. The summed E-state index contributed by atoms with van der Waals surface area (Å²) in [5.74, 6) is -2.90. The first-order valence-corrected chi connectivity index (χ1v) is 6.82. The van der Waals surface area contributed by atoms with E-state index in [-0.39, 0.29) is 11.4 Å². The Balaban J connectivity index is 2.19. The number of benzene rings is 2. The van der Waals surface area contributed by atoms with E-state index in [9.17, 15) is 17.6 Å². The molecule has 0 N–H and O–H groups in total. The maximum Gasteiger partial charge on any atom is 0.269 e. The van der Waals surface area contributed by atoms with Crippen molar-refractivity contribution < 1.29 is 22.1 Å². The maximum atomic E-state index is 14.0. The van der Waals surface area contributed by atoms with Crippen LogP contribution in [0.25, 0.3) is 11.4 Å². The highest BCUT2D eigenvalue weighted by molar-refractivity contribution is 5.36. The number of nitrogens with zero attached hydrogens (tertiary/aromatic N) is 2. The van der Waals surface area contributed by atoms with Crippen molar-refractivity contribution >= 4 is 0 Å². The highest BCUT2D eigenvalue weighted by atomic mass is 19.1. The monoisotopic (exact) mass is 320 g/mol. The number of halogens is 4. The zero-order chi connectivity index (χ0) is 16.7. The molecular formula is C17H12F4N2. The number of hydrogen-bond donors (Lipinski definition) is 0. The lowest BCUT2D eigenvalue weighted by Gasteiger charge is -2.05. The van der Waals surface area contributed by atoms with Crippen LogP contribution in [-0.4, -0.2) is 4.57 Å². The Morgan fingerprint density at radius 2 is 1.48 bits per heavy atom. The van der Waals surface area contributed by atoms with Gasteiger partial charge in [-0.05, 0) is 38.1 Å². The van der Waals surface area contributed by atoms with Gasteiger partial charge in [-0.25, -0.2) is 17.6 Å². The van der Waals surface area contributed by atoms with Gasteiger partial charge in [-0.1, -0.05) is 0 Å². The minimum absolute atomic E-state index is 0.0910. The predicted octanol–water partition coefficient (Wildman–Crippen LogP) is 3.73. The fraction of sp³-hybridized carbons (Fsp3) is 0.118. The summed E-state index contributed by atoms with van der Waals surface area (Å²) in [6, 6.07) is 6.34. The molecule has 6 heteroatoms. The van der Waals surface area contributed by atoms with Crippen molar-refractivity contribution in [1.29, 1.82) is 0 Å². The van der Waals surface area contributed by atoms with Crippen LogP contribution in [0.1, 0.15) is 11.4 Å². The van der Waals surface area contributed by atoms with Crippen LogP contribution in [-0.2, 0) is 0 Å². The van der Waals surface area contributed by atoms with Crippen LogP contribution >= 0.6 is 0 Å². The van der Waals surface area contributed by atoms with Crippen molar-refractivity contribution in [1.82, 2.24) is 4.57 Å². The molecule has 3 aromatic rings. The lowest BCUT2D eigenvalue weighted by atomic mass is 10.2. The number of aromatic nitrogens is 2. The number of hydrogen-bond acceptors (Lipinski definition) is 0. The molecule has 0 aliphatic carbocycles. The summed E-state index contributed by atoms with van der Waals surface area (Å²) in [5.41, 5.74) is 1.38. The van der Waals surface area contributed by atoms with Crippen LogP contribution in [0.5, 0.6) is 0 Å². The molecule has 0 bridgehead atoms. The van der Waals surface area contributed by atoms with Gasteiger partial charge in [0, 0.05) is 12.1 Å². The van der Waals surface area contributed by atoms with E-state index >= 15 is 0 Å². The zero-order valence-corrected chi connectivity index (χ0v) is 12.4. The van der Waals surface area contributed by atoms with Crippen LogP contribution in [0, 0.1) is 43.4 Å². The Labute approximate surface area is 130 Å². The van der Waals surface area contributed by atoms with Crippen molar-refractivity contribution in [3.63, 3.8) is 0 Å². The molecule has 0 fully saturated rings. The Hall–Kier alpha value is -2.63. The summed E-state index contributed by atoms with van der Waals surface area (Å²) in [5, 5.41) is 0. The van der Waals surface area contributed by atoms with Crippen molar-refractivity contribution in [2.45, 2.75) is 13.8 Å². The maximum absolute atomic E-state index is 14.0. The van der Waals surface area contributed by atoms with Crippen molar-refractivity contribution in [3.8, 4) is 11.4 Å². The minimum atomic E-state index is -0.758. The Kier molecular flexibility index (Phi) is 3.67. The standard InChI is InChI=1S/C17H12F4N2/c1-10-11(2)23(17-6-4-13(19)8-15(17)21)9-22(10)16-5-3-12(18)7-14(16)20/h3-8H,1-2H3. The molecule has 0 aliphatic heterocycles. The van der Waals surface area contributed by atoms with Gasteiger partial charge in [-0.2, -0.15) is 0 Å². The highest BCUT2D eigenvalue weighted by Crippen LogP contribution is 2.19. The van der Waals surface area contributed by atoms with E-state index < -0.39 is 23.3 Å². The molecule has 0 saturated heterocycles. The molecule has 0 amide bonds. The Morgan fingerprint density at radius 1 is 0.870 bits per heavy atom. The second-order valence-corrected chi connectivity index (χ2v) is 5.13. The summed E-state index contributed by atoms with van der Waals surface area (Å²) < 4.78 is 56.8. The molecule has 2 aromatic carbocycles. The fourth-order valence-corrected chi connectivity index (χ4v) is 2.37. The second kappa shape index (κ2) is 5.53. The first-order valence-electron chi connectivity index (χ1n) is 6.82. The van der Waals surface area contributed by atoms with E-state index in [2.05, 4.69) is 6.33 Å². The van der Waals surface area contributed by atoms with Gasteiger partial charge in [0.2, 0.25) is 0 Å². The van der Waals surface area contributed by atoms with Gasteiger partial charge in [0.15, 0.2) is 0 Å².